The topological polar surface area (TPSA) is 72.8 Å². The van der Waals surface area contributed by atoms with E-state index in [-0.39, 0.29) is 6.42 Å². The largest absolute Gasteiger partial charge is 0.481 e. The highest BCUT2D eigenvalue weighted by Crippen LogP contribution is 2.18. The smallest absolute Gasteiger partial charge is 0.347 e. The third kappa shape index (κ3) is 6.29. The standard InChI is InChI=1S/C16H22O5/c1-5-13(15(19)21-16(2,3)4)20-12-8-6-11(7-9-12)10-14(17)18/h6-9,13H,5,10H2,1-4H3,(H,17,18). The summed E-state index contributed by atoms with van der Waals surface area (Å²) in [7, 11) is 0. The van der Waals surface area contributed by atoms with Crippen LogP contribution in [-0.2, 0) is 20.7 Å². The molecule has 1 atom stereocenters. The molecular weight excluding hydrogens is 272 g/mol. The van der Waals surface area contributed by atoms with Crippen LogP contribution in [0.1, 0.15) is 39.7 Å². The minimum Gasteiger partial charge on any atom is -0.481 e. The Bertz CT molecular complexity index is 484. The summed E-state index contributed by atoms with van der Waals surface area (Å²) in [5.74, 6) is -0.773. The number of ether oxygens (including phenoxy) is 2. The summed E-state index contributed by atoms with van der Waals surface area (Å²) in [5.41, 5.74) is 0.124. The van der Waals surface area contributed by atoms with E-state index in [2.05, 4.69) is 0 Å². The van der Waals surface area contributed by atoms with Crippen LogP contribution in [0.2, 0.25) is 0 Å². The van der Waals surface area contributed by atoms with E-state index in [9.17, 15) is 9.59 Å². The van der Waals surface area contributed by atoms with Crippen LogP contribution in [-0.4, -0.2) is 28.8 Å². The number of hydrogen-bond donors (Lipinski definition) is 1. The van der Waals surface area contributed by atoms with E-state index in [4.69, 9.17) is 14.6 Å². The Balaban J connectivity index is 2.69. The van der Waals surface area contributed by atoms with Gasteiger partial charge in [0.1, 0.15) is 11.4 Å². The lowest BCUT2D eigenvalue weighted by molar-refractivity contribution is -0.163. The van der Waals surface area contributed by atoms with Crippen molar-refractivity contribution in [3.63, 3.8) is 0 Å². The first-order chi connectivity index (χ1) is 9.71. The number of esters is 1. The van der Waals surface area contributed by atoms with Crippen LogP contribution in [0.15, 0.2) is 24.3 Å². The molecule has 0 bridgehead atoms. The van der Waals surface area contributed by atoms with Gasteiger partial charge in [-0.05, 0) is 44.9 Å². The van der Waals surface area contributed by atoms with E-state index in [0.29, 0.717) is 17.7 Å². The maximum absolute atomic E-state index is 12.0. The molecule has 116 valence electrons. The summed E-state index contributed by atoms with van der Waals surface area (Å²) >= 11 is 0. The number of carbonyl (C=O) groups is 2. The fourth-order valence-electron chi connectivity index (χ4n) is 1.69. The number of hydrogen-bond acceptors (Lipinski definition) is 4. The van der Waals surface area contributed by atoms with Gasteiger partial charge in [0, 0.05) is 0 Å². The van der Waals surface area contributed by atoms with Gasteiger partial charge < -0.3 is 14.6 Å². The molecule has 0 heterocycles. The minimum absolute atomic E-state index is 0.0381. The fourth-order valence-corrected chi connectivity index (χ4v) is 1.69. The summed E-state index contributed by atoms with van der Waals surface area (Å²) in [5, 5.41) is 8.71. The zero-order valence-corrected chi connectivity index (χ0v) is 12.9. The summed E-state index contributed by atoms with van der Waals surface area (Å²) in [6.07, 6.45) is -0.218. The predicted molar refractivity (Wildman–Crippen MR) is 78.3 cm³/mol. The van der Waals surface area contributed by atoms with Gasteiger partial charge in [-0.1, -0.05) is 19.1 Å². The molecule has 1 aromatic carbocycles. The highest BCUT2D eigenvalue weighted by molar-refractivity contribution is 5.75. The SMILES string of the molecule is CCC(Oc1ccc(CC(=O)O)cc1)C(=O)OC(C)(C)C. The molecule has 0 aromatic heterocycles. The lowest BCUT2D eigenvalue weighted by Crippen LogP contribution is -2.34. The van der Waals surface area contributed by atoms with Gasteiger partial charge in [0.15, 0.2) is 6.10 Å². The second-order valence-corrected chi connectivity index (χ2v) is 5.76. The van der Waals surface area contributed by atoms with Crippen LogP contribution in [0, 0.1) is 0 Å². The molecule has 0 aliphatic carbocycles. The highest BCUT2D eigenvalue weighted by atomic mass is 16.6. The molecule has 1 unspecified atom stereocenters. The summed E-state index contributed by atoms with van der Waals surface area (Å²) in [6.45, 7) is 7.25. The van der Waals surface area contributed by atoms with E-state index in [0.717, 1.165) is 0 Å². The first kappa shape index (κ1) is 17.0. The average Bonchev–Trinajstić information content (AvgIpc) is 2.35. The molecule has 1 aromatic rings. The Kier molecular flexibility index (Phi) is 5.76. The van der Waals surface area contributed by atoms with Gasteiger partial charge in [0.25, 0.3) is 0 Å². The van der Waals surface area contributed by atoms with Crippen LogP contribution >= 0.6 is 0 Å². The quantitative estimate of drug-likeness (QED) is 0.817. The molecule has 0 saturated carbocycles. The molecule has 21 heavy (non-hydrogen) atoms. The fraction of sp³-hybridized carbons (Fsp3) is 0.500. The first-order valence-corrected chi connectivity index (χ1v) is 6.91. The van der Waals surface area contributed by atoms with Gasteiger partial charge >= 0.3 is 11.9 Å². The van der Waals surface area contributed by atoms with Crippen molar-refractivity contribution >= 4 is 11.9 Å². The van der Waals surface area contributed by atoms with Gasteiger partial charge in [0.2, 0.25) is 0 Å². The third-order valence-electron chi connectivity index (χ3n) is 2.60. The maximum Gasteiger partial charge on any atom is 0.347 e. The monoisotopic (exact) mass is 294 g/mol. The predicted octanol–water partition coefficient (Wildman–Crippen LogP) is 2.81. The Morgan fingerprint density at radius 3 is 2.19 bits per heavy atom. The molecule has 1 N–H and O–H groups in total. The van der Waals surface area contributed by atoms with Crippen LogP contribution in [0.5, 0.6) is 5.75 Å². The number of rotatable bonds is 6. The van der Waals surface area contributed by atoms with E-state index >= 15 is 0 Å². The van der Waals surface area contributed by atoms with Crippen molar-refractivity contribution in [2.75, 3.05) is 0 Å². The van der Waals surface area contributed by atoms with Gasteiger partial charge in [-0.2, -0.15) is 0 Å². The Morgan fingerprint density at radius 2 is 1.76 bits per heavy atom. The zero-order valence-electron chi connectivity index (χ0n) is 12.9. The number of carbonyl (C=O) groups excluding carboxylic acids is 1. The van der Waals surface area contributed by atoms with Crippen molar-refractivity contribution in [3.8, 4) is 5.75 Å². The maximum atomic E-state index is 12.0. The number of carboxylic acids is 1. The van der Waals surface area contributed by atoms with Crippen LogP contribution in [0.25, 0.3) is 0 Å². The van der Waals surface area contributed by atoms with Crippen molar-refractivity contribution in [1.82, 2.24) is 0 Å². The summed E-state index contributed by atoms with van der Waals surface area (Å²) < 4.78 is 10.9. The molecular formula is C16H22O5. The average molecular weight is 294 g/mol. The van der Waals surface area contributed by atoms with Crippen molar-refractivity contribution < 1.29 is 24.2 Å². The van der Waals surface area contributed by atoms with E-state index in [1.54, 1.807) is 45.0 Å². The normalized spacial score (nSPS) is 12.6. The zero-order chi connectivity index (χ0) is 16.0. The molecule has 0 aliphatic rings. The number of benzene rings is 1. The Morgan fingerprint density at radius 1 is 1.19 bits per heavy atom. The van der Waals surface area contributed by atoms with Gasteiger partial charge in [-0.15, -0.1) is 0 Å². The third-order valence-corrected chi connectivity index (χ3v) is 2.60. The lowest BCUT2D eigenvalue weighted by Gasteiger charge is -2.24. The van der Waals surface area contributed by atoms with Gasteiger partial charge in [-0.25, -0.2) is 4.79 Å². The molecule has 1 rings (SSSR count). The van der Waals surface area contributed by atoms with Crippen molar-refractivity contribution in [3.05, 3.63) is 29.8 Å². The van der Waals surface area contributed by atoms with E-state index in [1.165, 1.54) is 0 Å². The molecule has 5 heteroatoms. The van der Waals surface area contributed by atoms with Crippen molar-refractivity contribution in [2.45, 2.75) is 52.2 Å². The number of aliphatic carboxylic acids is 1. The molecule has 0 saturated heterocycles. The second kappa shape index (κ2) is 7.11. The Hall–Kier alpha value is -2.04. The van der Waals surface area contributed by atoms with Crippen LogP contribution in [0.4, 0.5) is 0 Å². The van der Waals surface area contributed by atoms with E-state index < -0.39 is 23.6 Å². The summed E-state index contributed by atoms with van der Waals surface area (Å²) in [4.78, 5) is 22.6. The molecule has 5 nitrogen and oxygen atoms in total. The van der Waals surface area contributed by atoms with E-state index in [1.807, 2.05) is 6.92 Å². The molecule has 0 radical (unpaired) electrons. The molecule has 0 aliphatic heterocycles. The van der Waals surface area contributed by atoms with Crippen LogP contribution in [0.3, 0.4) is 0 Å². The molecule has 0 spiro atoms. The second-order valence-electron chi connectivity index (χ2n) is 5.76. The van der Waals surface area contributed by atoms with Gasteiger partial charge in [-0.3, -0.25) is 4.79 Å². The molecule has 0 amide bonds. The lowest BCUT2D eigenvalue weighted by atomic mass is 10.1. The highest BCUT2D eigenvalue weighted by Gasteiger charge is 2.25. The first-order valence-electron chi connectivity index (χ1n) is 6.91. The number of carboxylic acid groups (broad SMARTS) is 1. The van der Waals surface area contributed by atoms with Gasteiger partial charge in [0.05, 0.1) is 6.42 Å². The Labute approximate surface area is 124 Å². The van der Waals surface area contributed by atoms with Crippen molar-refractivity contribution in [2.24, 2.45) is 0 Å². The minimum atomic E-state index is -0.885. The van der Waals surface area contributed by atoms with Crippen LogP contribution < -0.4 is 4.74 Å². The molecule has 0 fully saturated rings. The summed E-state index contributed by atoms with van der Waals surface area (Å²) in [6, 6.07) is 6.66. The van der Waals surface area contributed by atoms with Crippen molar-refractivity contribution in [1.29, 1.82) is 0 Å².